The molecule has 1 aliphatic rings. The number of nitrogen functional groups attached to an aromatic ring is 1. The second-order valence-corrected chi connectivity index (χ2v) is 5.77. The molecule has 0 saturated heterocycles. The second kappa shape index (κ2) is 6.29. The fourth-order valence-corrected chi connectivity index (χ4v) is 2.68. The largest absolute Gasteiger partial charge is 0.387 e. The quantitative estimate of drug-likeness (QED) is 0.664. The highest BCUT2D eigenvalue weighted by molar-refractivity contribution is 5.42. The zero-order chi connectivity index (χ0) is 15.5. The van der Waals surface area contributed by atoms with Crippen LogP contribution in [0.2, 0.25) is 0 Å². The zero-order valence-electron chi connectivity index (χ0n) is 12.3. The Morgan fingerprint density at radius 2 is 1.95 bits per heavy atom. The Hall–Kier alpha value is -2.18. The van der Waals surface area contributed by atoms with Crippen molar-refractivity contribution in [1.29, 1.82) is 0 Å². The number of nitrogens with zero attached hydrogens (tertiary/aromatic N) is 2. The highest BCUT2D eigenvalue weighted by Gasteiger charge is 2.29. The molecule has 1 heterocycles. The number of rotatable bonds is 5. The lowest BCUT2D eigenvalue weighted by Crippen LogP contribution is -2.35. The van der Waals surface area contributed by atoms with Crippen LogP contribution in [0, 0.1) is 0 Å². The van der Waals surface area contributed by atoms with Crippen LogP contribution in [0.4, 0.5) is 11.8 Å². The van der Waals surface area contributed by atoms with Gasteiger partial charge in [0.2, 0.25) is 5.95 Å². The maximum atomic E-state index is 10.2. The first-order valence-electron chi connectivity index (χ1n) is 7.48. The summed E-state index contributed by atoms with van der Waals surface area (Å²) in [5, 5.41) is 13.3. The molecule has 6 heteroatoms. The van der Waals surface area contributed by atoms with Gasteiger partial charge in [-0.15, -0.1) is 0 Å². The van der Waals surface area contributed by atoms with E-state index >= 15 is 0 Å². The van der Waals surface area contributed by atoms with Crippen LogP contribution < -0.4 is 16.8 Å². The molecule has 0 spiro atoms. The minimum absolute atomic E-state index is 0.245. The molecule has 0 aliphatic heterocycles. The minimum atomic E-state index is -0.599. The summed E-state index contributed by atoms with van der Waals surface area (Å²) in [6, 6.07) is 11.7. The molecule has 116 valence electrons. The van der Waals surface area contributed by atoms with Gasteiger partial charge in [-0.05, 0) is 18.4 Å². The number of nitrogens with two attached hydrogens (primary N) is 2. The minimum Gasteiger partial charge on any atom is -0.387 e. The fraction of sp³-hybridized carbons (Fsp3) is 0.375. The summed E-state index contributed by atoms with van der Waals surface area (Å²) < 4.78 is 0. The maximum Gasteiger partial charge on any atom is 0.222 e. The summed E-state index contributed by atoms with van der Waals surface area (Å²) in [6.07, 6.45) is 1.27. The van der Waals surface area contributed by atoms with E-state index < -0.39 is 6.10 Å². The lowest BCUT2D eigenvalue weighted by molar-refractivity contribution is 0.191. The Morgan fingerprint density at radius 3 is 2.64 bits per heavy atom. The summed E-state index contributed by atoms with van der Waals surface area (Å²) in [5.74, 6) is 1.24. The monoisotopic (exact) mass is 299 g/mol. The van der Waals surface area contributed by atoms with Gasteiger partial charge in [0.25, 0.3) is 0 Å². The van der Waals surface area contributed by atoms with Crippen molar-refractivity contribution >= 4 is 11.8 Å². The predicted molar refractivity (Wildman–Crippen MR) is 86.3 cm³/mol. The molecule has 22 heavy (non-hydrogen) atoms. The molecule has 0 bridgehead atoms. The van der Waals surface area contributed by atoms with Gasteiger partial charge in [0.05, 0.1) is 11.8 Å². The molecule has 1 aromatic heterocycles. The molecule has 6 N–H and O–H groups in total. The number of hydrogen-bond acceptors (Lipinski definition) is 6. The van der Waals surface area contributed by atoms with E-state index in [2.05, 4.69) is 15.3 Å². The van der Waals surface area contributed by atoms with E-state index in [9.17, 15) is 5.11 Å². The van der Waals surface area contributed by atoms with E-state index in [0.717, 1.165) is 24.1 Å². The zero-order valence-corrected chi connectivity index (χ0v) is 12.3. The summed E-state index contributed by atoms with van der Waals surface area (Å²) in [5.41, 5.74) is 13.4. The Kier molecular flexibility index (Phi) is 4.22. The van der Waals surface area contributed by atoms with Crippen LogP contribution in [-0.2, 0) is 0 Å². The van der Waals surface area contributed by atoms with Crippen molar-refractivity contribution in [2.24, 2.45) is 5.73 Å². The molecule has 6 nitrogen and oxygen atoms in total. The van der Waals surface area contributed by atoms with E-state index in [4.69, 9.17) is 11.5 Å². The summed E-state index contributed by atoms with van der Waals surface area (Å²) in [4.78, 5) is 8.46. The number of aliphatic hydroxyl groups excluding tert-OH is 1. The summed E-state index contributed by atoms with van der Waals surface area (Å²) in [6.45, 7) is 0.365. The number of aromatic nitrogens is 2. The maximum absolute atomic E-state index is 10.2. The molecular formula is C16H21N5O. The Labute approximate surface area is 129 Å². The van der Waals surface area contributed by atoms with Crippen molar-refractivity contribution in [1.82, 2.24) is 9.97 Å². The first-order chi connectivity index (χ1) is 10.6. The molecule has 1 saturated carbocycles. The molecule has 0 amide bonds. The number of anilines is 2. The van der Waals surface area contributed by atoms with Gasteiger partial charge < -0.3 is 21.9 Å². The topological polar surface area (TPSA) is 110 Å². The van der Waals surface area contributed by atoms with Gasteiger partial charge in [-0.3, -0.25) is 0 Å². The fourth-order valence-electron chi connectivity index (χ4n) is 2.68. The molecular weight excluding hydrogens is 278 g/mol. The van der Waals surface area contributed by atoms with Crippen LogP contribution in [0.25, 0.3) is 0 Å². The molecule has 3 rings (SSSR count). The van der Waals surface area contributed by atoms with Crippen LogP contribution >= 0.6 is 0 Å². The first kappa shape index (κ1) is 14.7. The first-order valence-corrected chi connectivity index (χ1v) is 7.48. The second-order valence-electron chi connectivity index (χ2n) is 5.77. The van der Waals surface area contributed by atoms with Gasteiger partial charge in [0.1, 0.15) is 5.82 Å². The third-order valence-electron chi connectivity index (χ3n) is 4.02. The summed E-state index contributed by atoms with van der Waals surface area (Å²) >= 11 is 0. The average Bonchev–Trinajstić information content (AvgIpc) is 2.50. The van der Waals surface area contributed by atoms with Crippen molar-refractivity contribution in [2.75, 3.05) is 17.6 Å². The van der Waals surface area contributed by atoms with Crippen molar-refractivity contribution in [3.05, 3.63) is 47.7 Å². The van der Waals surface area contributed by atoms with Gasteiger partial charge in [0, 0.05) is 24.6 Å². The summed E-state index contributed by atoms with van der Waals surface area (Å²) in [7, 11) is 0. The molecule has 0 radical (unpaired) electrons. The molecule has 1 fully saturated rings. The van der Waals surface area contributed by atoms with Crippen molar-refractivity contribution in [2.45, 2.75) is 30.9 Å². The highest BCUT2D eigenvalue weighted by atomic mass is 16.3. The third-order valence-corrected chi connectivity index (χ3v) is 4.02. The molecule has 1 aromatic carbocycles. The average molecular weight is 299 g/mol. The van der Waals surface area contributed by atoms with Gasteiger partial charge >= 0.3 is 0 Å². The Morgan fingerprint density at radius 1 is 1.23 bits per heavy atom. The number of hydrogen-bond donors (Lipinski definition) is 4. The van der Waals surface area contributed by atoms with Gasteiger partial charge in [-0.25, -0.2) is 4.98 Å². The predicted octanol–water partition coefficient (Wildman–Crippen LogP) is 1.41. The molecule has 0 unspecified atom stereocenters. The lowest BCUT2D eigenvalue weighted by atomic mass is 9.78. The normalized spacial score (nSPS) is 21.9. The van der Waals surface area contributed by atoms with Crippen molar-refractivity contribution in [3.63, 3.8) is 0 Å². The number of nitrogens with one attached hydrogen (secondary N) is 1. The van der Waals surface area contributed by atoms with E-state index in [-0.39, 0.29) is 12.0 Å². The highest BCUT2D eigenvalue weighted by Crippen LogP contribution is 2.35. The van der Waals surface area contributed by atoms with E-state index in [1.54, 1.807) is 0 Å². The van der Waals surface area contributed by atoms with Crippen molar-refractivity contribution in [3.8, 4) is 0 Å². The third kappa shape index (κ3) is 3.35. The molecule has 2 aromatic rings. The smallest absolute Gasteiger partial charge is 0.222 e. The SMILES string of the molecule is Nc1nc(NC[C@@H](O)c2ccccc2)cc(C2CC(N)C2)n1. The van der Waals surface area contributed by atoms with E-state index in [1.807, 2.05) is 36.4 Å². The van der Waals surface area contributed by atoms with Crippen LogP contribution in [0.3, 0.4) is 0 Å². The standard InChI is InChI=1S/C16H21N5O/c17-12-6-11(7-12)13-8-15(21-16(18)20-13)19-9-14(22)10-4-2-1-3-5-10/h1-5,8,11-12,14,22H,6-7,9,17H2,(H3,18,19,20,21)/t11?,12?,14-/m1/s1. The lowest BCUT2D eigenvalue weighted by Gasteiger charge is -2.32. The van der Waals surface area contributed by atoms with Crippen LogP contribution in [-0.4, -0.2) is 27.7 Å². The van der Waals surface area contributed by atoms with E-state index in [0.29, 0.717) is 18.3 Å². The van der Waals surface area contributed by atoms with Crippen molar-refractivity contribution < 1.29 is 5.11 Å². The Bertz CT molecular complexity index is 628. The molecule has 1 aliphatic carbocycles. The van der Waals surface area contributed by atoms with Crippen LogP contribution in [0.1, 0.15) is 36.1 Å². The molecule has 1 atom stereocenters. The van der Waals surface area contributed by atoms with Crippen LogP contribution in [0.5, 0.6) is 0 Å². The van der Waals surface area contributed by atoms with E-state index in [1.165, 1.54) is 0 Å². The van der Waals surface area contributed by atoms with Gasteiger partial charge in [-0.2, -0.15) is 4.98 Å². The number of aliphatic hydroxyl groups is 1. The number of benzene rings is 1. The Balaban J connectivity index is 1.65. The van der Waals surface area contributed by atoms with Gasteiger partial charge in [0.15, 0.2) is 0 Å². The van der Waals surface area contributed by atoms with Gasteiger partial charge in [-0.1, -0.05) is 30.3 Å². The van der Waals surface area contributed by atoms with Crippen LogP contribution in [0.15, 0.2) is 36.4 Å².